The van der Waals surface area contributed by atoms with Crippen LogP contribution < -0.4 is 10.2 Å². The van der Waals surface area contributed by atoms with E-state index in [4.69, 9.17) is 14.8 Å². The lowest BCUT2D eigenvalue weighted by Crippen LogP contribution is -2.30. The highest BCUT2D eigenvalue weighted by atomic mass is 19.1. The average molecular weight is 216 g/mol. The van der Waals surface area contributed by atoms with E-state index in [0.717, 1.165) is 12.1 Å². The second kappa shape index (κ2) is 5.09. The summed E-state index contributed by atoms with van der Waals surface area (Å²) in [4.78, 5) is 0. The number of halogens is 2. The lowest BCUT2D eigenvalue weighted by atomic mass is 9.80. The minimum Gasteiger partial charge on any atom is -0.488 e. The van der Waals surface area contributed by atoms with E-state index < -0.39 is 24.5 Å². The minimum absolute atomic E-state index is 0.203. The molecule has 6 heteroatoms. The zero-order valence-electron chi connectivity index (χ0n) is 8.20. The van der Waals surface area contributed by atoms with Gasteiger partial charge in [-0.15, -0.1) is 0 Å². The summed E-state index contributed by atoms with van der Waals surface area (Å²) < 4.78 is 31.3. The van der Waals surface area contributed by atoms with Crippen molar-refractivity contribution in [2.45, 2.75) is 13.3 Å². The van der Waals surface area contributed by atoms with Crippen molar-refractivity contribution >= 4 is 12.6 Å². The second-order valence-electron chi connectivity index (χ2n) is 3.04. The summed E-state index contributed by atoms with van der Waals surface area (Å²) >= 11 is 0. The lowest BCUT2D eigenvalue weighted by molar-refractivity contribution is 0.285. The molecule has 0 fully saturated rings. The highest BCUT2D eigenvalue weighted by molar-refractivity contribution is 6.58. The Morgan fingerprint density at radius 3 is 2.20 bits per heavy atom. The van der Waals surface area contributed by atoms with Gasteiger partial charge in [-0.25, -0.2) is 8.78 Å². The van der Waals surface area contributed by atoms with Crippen LogP contribution in [0.4, 0.5) is 8.78 Å². The number of benzene rings is 1. The third kappa shape index (κ3) is 2.90. The number of ether oxygens (including phenoxy) is 1. The summed E-state index contributed by atoms with van der Waals surface area (Å²) in [5.74, 6) is -2.36. The van der Waals surface area contributed by atoms with E-state index in [1.54, 1.807) is 0 Å². The quantitative estimate of drug-likeness (QED) is 0.717. The number of hydrogen-bond donors (Lipinski definition) is 2. The zero-order chi connectivity index (χ0) is 11.4. The van der Waals surface area contributed by atoms with Gasteiger partial charge in [0.05, 0.1) is 6.61 Å². The van der Waals surface area contributed by atoms with Crippen LogP contribution in [0.15, 0.2) is 12.1 Å². The molecule has 0 amide bonds. The van der Waals surface area contributed by atoms with Crippen LogP contribution in [0.2, 0.25) is 0 Å². The third-order valence-electron chi connectivity index (χ3n) is 1.77. The predicted octanol–water partition coefficient (Wildman–Crippen LogP) is 0.433. The van der Waals surface area contributed by atoms with Crippen LogP contribution in [0.5, 0.6) is 5.75 Å². The fraction of sp³-hybridized carbons (Fsp3) is 0.333. The molecule has 1 aromatic rings. The molecule has 3 nitrogen and oxygen atoms in total. The van der Waals surface area contributed by atoms with Gasteiger partial charge in [-0.1, -0.05) is 6.92 Å². The van der Waals surface area contributed by atoms with Crippen LogP contribution in [-0.4, -0.2) is 23.8 Å². The Hall–Kier alpha value is -1.14. The summed E-state index contributed by atoms with van der Waals surface area (Å²) in [5, 5.41) is 17.4. The van der Waals surface area contributed by atoms with E-state index in [1.807, 2.05) is 6.92 Å². The van der Waals surface area contributed by atoms with E-state index in [-0.39, 0.29) is 12.1 Å². The third-order valence-corrected chi connectivity index (χ3v) is 1.77. The van der Waals surface area contributed by atoms with Crippen molar-refractivity contribution in [3.05, 3.63) is 23.8 Å². The first-order valence-corrected chi connectivity index (χ1v) is 4.54. The molecule has 0 saturated heterocycles. The van der Waals surface area contributed by atoms with Gasteiger partial charge in [0.25, 0.3) is 0 Å². The van der Waals surface area contributed by atoms with E-state index in [2.05, 4.69) is 0 Å². The Labute approximate surface area is 86.5 Å². The lowest BCUT2D eigenvalue weighted by Gasteiger charge is -2.08. The van der Waals surface area contributed by atoms with E-state index in [0.29, 0.717) is 6.42 Å². The molecule has 0 atom stereocenters. The maximum atomic E-state index is 13.2. The van der Waals surface area contributed by atoms with Gasteiger partial charge in [0.15, 0.2) is 17.4 Å². The molecule has 1 rings (SSSR count). The second-order valence-corrected chi connectivity index (χ2v) is 3.04. The van der Waals surface area contributed by atoms with Crippen LogP contribution >= 0.6 is 0 Å². The maximum Gasteiger partial charge on any atom is 0.488 e. The molecule has 0 heterocycles. The SMILES string of the molecule is CCCOc1c(F)cc(B(O)O)cc1F. The van der Waals surface area contributed by atoms with Crippen LogP contribution in [0, 0.1) is 11.6 Å². The smallest absolute Gasteiger partial charge is 0.488 e. The molecular formula is C9H11BF2O3. The summed E-state index contributed by atoms with van der Waals surface area (Å²) in [6.45, 7) is 2.01. The molecule has 1 aromatic carbocycles. The molecular weight excluding hydrogens is 205 g/mol. The molecule has 2 N–H and O–H groups in total. The zero-order valence-corrected chi connectivity index (χ0v) is 8.20. The summed E-state index contributed by atoms with van der Waals surface area (Å²) in [6, 6.07) is 1.66. The molecule has 15 heavy (non-hydrogen) atoms. The monoisotopic (exact) mass is 216 g/mol. The van der Waals surface area contributed by atoms with Crippen LogP contribution in [0.1, 0.15) is 13.3 Å². The Balaban J connectivity index is 2.99. The fourth-order valence-corrected chi connectivity index (χ4v) is 1.07. The van der Waals surface area contributed by atoms with E-state index >= 15 is 0 Å². The van der Waals surface area contributed by atoms with Gasteiger partial charge in [-0.3, -0.25) is 0 Å². The Morgan fingerprint density at radius 1 is 1.27 bits per heavy atom. The fourth-order valence-electron chi connectivity index (χ4n) is 1.07. The molecule has 0 bridgehead atoms. The van der Waals surface area contributed by atoms with Crippen molar-refractivity contribution in [1.82, 2.24) is 0 Å². The predicted molar refractivity (Wildman–Crippen MR) is 52.0 cm³/mol. The molecule has 0 aliphatic carbocycles. The Bertz CT molecular complexity index is 321. The topological polar surface area (TPSA) is 49.7 Å². The van der Waals surface area contributed by atoms with Gasteiger partial charge >= 0.3 is 7.12 Å². The maximum absolute atomic E-state index is 13.2. The van der Waals surface area contributed by atoms with Crippen molar-refractivity contribution < 1.29 is 23.6 Å². The van der Waals surface area contributed by atoms with Gasteiger partial charge in [-0.2, -0.15) is 0 Å². The van der Waals surface area contributed by atoms with Crippen LogP contribution in [0.25, 0.3) is 0 Å². The molecule has 0 spiro atoms. The highest BCUT2D eigenvalue weighted by Crippen LogP contribution is 2.20. The molecule has 0 saturated carbocycles. The Kier molecular flexibility index (Phi) is 4.05. The van der Waals surface area contributed by atoms with Crippen molar-refractivity contribution in [3.63, 3.8) is 0 Å². The van der Waals surface area contributed by atoms with E-state index in [1.165, 1.54) is 0 Å². The van der Waals surface area contributed by atoms with Crippen LogP contribution in [0.3, 0.4) is 0 Å². The van der Waals surface area contributed by atoms with Gasteiger partial charge < -0.3 is 14.8 Å². The van der Waals surface area contributed by atoms with Crippen LogP contribution in [-0.2, 0) is 0 Å². The van der Waals surface area contributed by atoms with Crippen molar-refractivity contribution in [1.29, 1.82) is 0 Å². The van der Waals surface area contributed by atoms with Gasteiger partial charge in [0, 0.05) is 0 Å². The number of hydrogen-bond acceptors (Lipinski definition) is 3. The first kappa shape index (κ1) is 11.9. The standard InChI is InChI=1S/C9H11BF2O3/c1-2-3-15-9-7(11)4-6(10(13)14)5-8(9)12/h4-5,13-14H,2-3H2,1H3. The minimum atomic E-state index is -1.89. The normalized spacial score (nSPS) is 10.2. The molecule has 0 aliphatic heterocycles. The van der Waals surface area contributed by atoms with Gasteiger partial charge in [0.2, 0.25) is 0 Å². The molecule has 0 aliphatic rings. The summed E-state index contributed by atoms with van der Waals surface area (Å²) in [7, 11) is -1.89. The molecule has 0 unspecified atom stereocenters. The first-order chi connectivity index (χ1) is 7.06. The first-order valence-electron chi connectivity index (χ1n) is 4.54. The highest BCUT2D eigenvalue weighted by Gasteiger charge is 2.18. The molecule has 0 radical (unpaired) electrons. The summed E-state index contributed by atoms with van der Waals surface area (Å²) in [5.41, 5.74) is -0.242. The van der Waals surface area contributed by atoms with Crippen molar-refractivity contribution in [2.24, 2.45) is 0 Å². The van der Waals surface area contributed by atoms with Gasteiger partial charge in [-0.05, 0) is 24.0 Å². The van der Waals surface area contributed by atoms with Crippen molar-refractivity contribution in [2.75, 3.05) is 6.61 Å². The molecule has 82 valence electrons. The Morgan fingerprint density at radius 2 is 1.80 bits per heavy atom. The number of rotatable bonds is 4. The van der Waals surface area contributed by atoms with E-state index in [9.17, 15) is 8.78 Å². The summed E-state index contributed by atoms with van der Waals surface area (Å²) in [6.07, 6.45) is 0.628. The van der Waals surface area contributed by atoms with Gasteiger partial charge in [0.1, 0.15) is 0 Å². The molecule has 0 aromatic heterocycles. The largest absolute Gasteiger partial charge is 0.488 e. The van der Waals surface area contributed by atoms with Crippen molar-refractivity contribution in [3.8, 4) is 5.75 Å². The average Bonchev–Trinajstić information content (AvgIpc) is 2.16.